The maximum absolute atomic E-state index is 11.9. The van der Waals surface area contributed by atoms with E-state index >= 15 is 0 Å². The zero-order valence-electron chi connectivity index (χ0n) is 13.4. The van der Waals surface area contributed by atoms with E-state index in [-0.39, 0.29) is 30.8 Å². The van der Waals surface area contributed by atoms with E-state index in [2.05, 4.69) is 10.8 Å². The largest absolute Gasteiger partial charge is 0.481 e. The van der Waals surface area contributed by atoms with Crippen molar-refractivity contribution in [2.45, 2.75) is 37.5 Å². The molecule has 6 N–H and O–H groups in total. The number of nitrogens with one attached hydrogen (secondary N) is 3. The number of carboxylic acid groups (broad SMARTS) is 1. The molecule has 1 fully saturated rings. The van der Waals surface area contributed by atoms with Crippen LogP contribution in [0.4, 0.5) is 0 Å². The third kappa shape index (κ3) is 4.60. The Hall–Kier alpha value is -2.29. The minimum atomic E-state index is -1.09. The first kappa shape index (κ1) is 18.1. The molecule has 8 nitrogen and oxygen atoms in total. The lowest BCUT2D eigenvalue weighted by Crippen LogP contribution is -2.35. The number of rotatable bonds is 7. The molecule has 0 amide bonds. The van der Waals surface area contributed by atoms with E-state index in [1.54, 1.807) is 7.05 Å². The number of Topliss-reactive ketones (excluding diaryl/α,β-unsaturated/α-hetero) is 1. The lowest BCUT2D eigenvalue weighted by atomic mass is 9.97. The van der Waals surface area contributed by atoms with Gasteiger partial charge in [-0.15, -0.1) is 0 Å². The second-order valence-corrected chi connectivity index (χ2v) is 5.77. The van der Waals surface area contributed by atoms with Gasteiger partial charge >= 0.3 is 5.97 Å². The normalized spacial score (nSPS) is 21.2. The molecule has 1 saturated heterocycles. The number of benzene rings is 1. The number of hydrogen-bond donors (Lipinski definition) is 5. The van der Waals surface area contributed by atoms with Crippen LogP contribution in [0.25, 0.3) is 0 Å². The molecular weight excluding hydrogens is 312 g/mol. The molecule has 0 spiro atoms. The molecule has 1 aliphatic heterocycles. The molecule has 0 aliphatic carbocycles. The summed E-state index contributed by atoms with van der Waals surface area (Å²) in [6.45, 7) is 0. The molecule has 0 saturated carbocycles. The van der Waals surface area contributed by atoms with Crippen molar-refractivity contribution in [1.82, 2.24) is 10.8 Å². The summed E-state index contributed by atoms with van der Waals surface area (Å²) in [7, 11) is 1.69. The minimum absolute atomic E-state index is 0.0590. The molecule has 2 rings (SSSR count). The SMILES string of the molecule is CNC(=N)c1ccc([C@@H]2C[C@H](CC(=O)C(N)CC(=O)O)ON2)cc1. The van der Waals surface area contributed by atoms with Crippen molar-refractivity contribution < 1.29 is 19.5 Å². The van der Waals surface area contributed by atoms with Crippen LogP contribution in [-0.4, -0.2) is 41.9 Å². The van der Waals surface area contributed by atoms with Gasteiger partial charge in [0.2, 0.25) is 0 Å². The topological polar surface area (TPSA) is 138 Å². The Labute approximate surface area is 139 Å². The zero-order valence-corrected chi connectivity index (χ0v) is 13.4. The van der Waals surface area contributed by atoms with E-state index in [4.69, 9.17) is 21.1 Å². The molecule has 0 bridgehead atoms. The van der Waals surface area contributed by atoms with Gasteiger partial charge in [0, 0.05) is 19.0 Å². The van der Waals surface area contributed by atoms with E-state index in [9.17, 15) is 9.59 Å². The van der Waals surface area contributed by atoms with Crippen LogP contribution in [0.1, 0.15) is 36.4 Å². The summed E-state index contributed by atoms with van der Waals surface area (Å²) in [5, 5.41) is 19.2. The maximum atomic E-state index is 11.9. The Morgan fingerprint density at radius 1 is 1.46 bits per heavy atom. The van der Waals surface area contributed by atoms with Crippen LogP contribution in [0.15, 0.2) is 24.3 Å². The quantitative estimate of drug-likeness (QED) is 0.358. The van der Waals surface area contributed by atoms with Gasteiger partial charge in [-0.2, -0.15) is 5.48 Å². The lowest BCUT2D eigenvalue weighted by Gasteiger charge is -2.11. The summed E-state index contributed by atoms with van der Waals surface area (Å²) >= 11 is 0. The molecule has 1 aromatic rings. The number of carbonyl (C=O) groups is 2. The van der Waals surface area contributed by atoms with Crippen LogP contribution in [0, 0.1) is 5.41 Å². The minimum Gasteiger partial charge on any atom is -0.481 e. The summed E-state index contributed by atoms with van der Waals surface area (Å²) in [4.78, 5) is 27.9. The standard InChI is InChI=1S/C16H22N4O4/c1-19-16(18)10-4-2-9(3-5-10)13-6-11(24-20-13)7-14(21)12(17)8-15(22)23/h2-5,11-13,20H,6-8,17H2,1H3,(H2,18,19)(H,22,23)/t11-,12?,13+/m1/s1. The van der Waals surface area contributed by atoms with Gasteiger partial charge in [-0.1, -0.05) is 24.3 Å². The second kappa shape index (κ2) is 8.00. The smallest absolute Gasteiger partial charge is 0.305 e. The highest BCUT2D eigenvalue weighted by Gasteiger charge is 2.30. The number of aliphatic carboxylic acids is 1. The van der Waals surface area contributed by atoms with Crippen molar-refractivity contribution >= 4 is 17.6 Å². The fourth-order valence-electron chi connectivity index (χ4n) is 2.57. The van der Waals surface area contributed by atoms with E-state index in [1.165, 1.54) is 0 Å². The van der Waals surface area contributed by atoms with E-state index < -0.39 is 12.0 Å². The zero-order chi connectivity index (χ0) is 17.7. The molecule has 0 aromatic heterocycles. The van der Waals surface area contributed by atoms with Crippen molar-refractivity contribution in [3.63, 3.8) is 0 Å². The Morgan fingerprint density at radius 3 is 2.71 bits per heavy atom. The van der Waals surface area contributed by atoms with Gasteiger partial charge in [0.25, 0.3) is 0 Å². The fourth-order valence-corrected chi connectivity index (χ4v) is 2.57. The van der Waals surface area contributed by atoms with Gasteiger partial charge in [0.05, 0.1) is 24.6 Å². The molecule has 1 aliphatic rings. The first-order valence-electron chi connectivity index (χ1n) is 7.68. The summed E-state index contributed by atoms with van der Waals surface area (Å²) < 4.78 is 0. The highest BCUT2D eigenvalue weighted by molar-refractivity contribution is 5.96. The molecule has 3 atom stereocenters. The fraction of sp³-hybridized carbons (Fsp3) is 0.438. The Kier molecular flexibility index (Phi) is 6.02. The van der Waals surface area contributed by atoms with Gasteiger partial charge < -0.3 is 16.2 Å². The van der Waals surface area contributed by atoms with Gasteiger partial charge in [0.1, 0.15) is 5.84 Å². The molecular formula is C16H22N4O4. The summed E-state index contributed by atoms with van der Waals surface area (Å²) in [5.41, 5.74) is 10.2. The molecule has 8 heteroatoms. The van der Waals surface area contributed by atoms with Gasteiger partial charge in [-0.3, -0.25) is 19.8 Å². The Balaban J connectivity index is 1.89. The number of carboxylic acids is 1. The van der Waals surface area contributed by atoms with Crippen LogP contribution >= 0.6 is 0 Å². The van der Waals surface area contributed by atoms with Crippen LogP contribution in [-0.2, 0) is 14.4 Å². The van der Waals surface area contributed by atoms with Gasteiger partial charge in [-0.05, 0) is 12.0 Å². The predicted molar refractivity (Wildman–Crippen MR) is 87.5 cm³/mol. The monoisotopic (exact) mass is 334 g/mol. The van der Waals surface area contributed by atoms with Crippen molar-refractivity contribution in [3.05, 3.63) is 35.4 Å². The highest BCUT2D eigenvalue weighted by atomic mass is 16.7. The number of nitrogens with two attached hydrogens (primary N) is 1. The summed E-state index contributed by atoms with van der Waals surface area (Å²) in [6.07, 6.45) is -0.0339. The third-order valence-electron chi connectivity index (χ3n) is 3.96. The Morgan fingerprint density at radius 2 is 2.12 bits per heavy atom. The molecule has 1 aromatic carbocycles. The van der Waals surface area contributed by atoms with Crippen LogP contribution in [0.3, 0.4) is 0 Å². The van der Waals surface area contributed by atoms with Gasteiger partial charge in [-0.25, -0.2) is 0 Å². The van der Waals surface area contributed by atoms with E-state index in [0.717, 1.165) is 11.1 Å². The average molecular weight is 334 g/mol. The first-order chi connectivity index (χ1) is 11.4. The number of ketones is 1. The lowest BCUT2D eigenvalue weighted by molar-refractivity contribution is -0.139. The van der Waals surface area contributed by atoms with Crippen LogP contribution < -0.4 is 16.5 Å². The van der Waals surface area contributed by atoms with Crippen molar-refractivity contribution in [2.24, 2.45) is 5.73 Å². The highest BCUT2D eigenvalue weighted by Crippen LogP contribution is 2.27. The Bertz CT molecular complexity index is 617. The number of hydroxylamine groups is 1. The number of amidine groups is 1. The number of hydrogen-bond acceptors (Lipinski definition) is 6. The van der Waals surface area contributed by atoms with Crippen molar-refractivity contribution in [3.8, 4) is 0 Å². The maximum Gasteiger partial charge on any atom is 0.305 e. The van der Waals surface area contributed by atoms with Crippen LogP contribution in [0.2, 0.25) is 0 Å². The summed E-state index contributed by atoms with van der Waals surface area (Å²) in [5.74, 6) is -1.07. The third-order valence-corrected chi connectivity index (χ3v) is 3.96. The molecule has 0 radical (unpaired) electrons. The van der Waals surface area contributed by atoms with Crippen molar-refractivity contribution in [2.75, 3.05) is 7.05 Å². The van der Waals surface area contributed by atoms with Crippen molar-refractivity contribution in [1.29, 1.82) is 5.41 Å². The van der Waals surface area contributed by atoms with Gasteiger partial charge in [0.15, 0.2) is 5.78 Å². The predicted octanol–water partition coefficient (Wildman–Crippen LogP) is 0.327. The molecule has 1 heterocycles. The second-order valence-electron chi connectivity index (χ2n) is 5.77. The average Bonchev–Trinajstić information content (AvgIpc) is 3.02. The first-order valence-corrected chi connectivity index (χ1v) is 7.68. The molecule has 24 heavy (non-hydrogen) atoms. The van der Waals surface area contributed by atoms with E-state index in [0.29, 0.717) is 12.3 Å². The molecule has 1 unspecified atom stereocenters. The van der Waals surface area contributed by atoms with E-state index in [1.807, 2.05) is 24.3 Å². The van der Waals surface area contributed by atoms with Crippen LogP contribution in [0.5, 0.6) is 0 Å². The number of carbonyl (C=O) groups excluding carboxylic acids is 1. The summed E-state index contributed by atoms with van der Waals surface area (Å²) in [6, 6.07) is 6.44. The molecule has 130 valence electrons.